The van der Waals surface area contributed by atoms with Crippen molar-refractivity contribution in [2.24, 2.45) is 11.8 Å². The molecular weight excluding hydrogens is 324 g/mol. The van der Waals surface area contributed by atoms with Gasteiger partial charge in [0.25, 0.3) is 0 Å². The maximum atomic E-state index is 12.1. The van der Waals surface area contributed by atoms with Gasteiger partial charge in [0.05, 0.1) is 17.4 Å². The van der Waals surface area contributed by atoms with Gasteiger partial charge in [0.1, 0.15) is 12.2 Å². The first kappa shape index (κ1) is 19.1. The lowest BCUT2D eigenvalue weighted by Gasteiger charge is -2.32. The molecule has 0 bridgehead atoms. The minimum Gasteiger partial charge on any atom is -0.461 e. The van der Waals surface area contributed by atoms with Gasteiger partial charge in [-0.25, -0.2) is 4.79 Å². The van der Waals surface area contributed by atoms with Crippen LogP contribution in [0.3, 0.4) is 0 Å². The number of carbonyl (C=O) groups excluding carboxylic acids is 3. The van der Waals surface area contributed by atoms with Crippen LogP contribution < -0.4 is 0 Å². The molecule has 0 aromatic carbocycles. The summed E-state index contributed by atoms with van der Waals surface area (Å²) in [6.45, 7) is 10.3. The number of ether oxygens (including phenoxy) is 2. The third kappa shape index (κ3) is 4.25. The van der Waals surface area contributed by atoms with Crippen LogP contribution in [0.25, 0.3) is 0 Å². The number of hydrogen-bond acceptors (Lipinski definition) is 6. The van der Waals surface area contributed by atoms with Crippen LogP contribution in [-0.4, -0.2) is 40.6 Å². The predicted octanol–water partition coefficient (Wildman–Crippen LogP) is 1.88. The highest BCUT2D eigenvalue weighted by molar-refractivity contribution is 6.03. The number of ketones is 1. The number of rotatable bonds is 2. The van der Waals surface area contributed by atoms with E-state index in [0.29, 0.717) is 5.57 Å². The third-order valence-corrected chi connectivity index (χ3v) is 4.41. The summed E-state index contributed by atoms with van der Waals surface area (Å²) in [7, 11) is 0. The molecule has 1 saturated heterocycles. The molecule has 1 aliphatic carbocycles. The average Bonchev–Trinajstić information content (AvgIpc) is 2.77. The minimum absolute atomic E-state index is 0.0129. The number of fused-ring (bicyclic) bond motifs is 1. The van der Waals surface area contributed by atoms with Gasteiger partial charge in [-0.15, -0.1) is 0 Å². The third-order valence-electron chi connectivity index (χ3n) is 4.41. The fourth-order valence-electron chi connectivity index (χ4n) is 2.90. The molecule has 0 saturated carbocycles. The van der Waals surface area contributed by atoms with Crippen molar-refractivity contribution in [2.75, 3.05) is 0 Å². The van der Waals surface area contributed by atoms with E-state index in [1.165, 1.54) is 19.1 Å². The van der Waals surface area contributed by atoms with Crippen molar-refractivity contribution in [2.45, 2.75) is 51.9 Å². The van der Waals surface area contributed by atoms with E-state index >= 15 is 0 Å². The first-order chi connectivity index (χ1) is 11.5. The Kier molecular flexibility index (Phi) is 5.32. The number of aliphatic hydroxyl groups is 1. The zero-order valence-corrected chi connectivity index (χ0v) is 14.9. The fraction of sp³-hybridized carbons (Fsp3) is 0.526. The molecule has 0 unspecified atom stereocenters. The van der Waals surface area contributed by atoms with Crippen LogP contribution in [0.2, 0.25) is 0 Å². The topological polar surface area (TPSA) is 89.9 Å². The summed E-state index contributed by atoms with van der Waals surface area (Å²) >= 11 is 0. The van der Waals surface area contributed by atoms with E-state index in [1.54, 1.807) is 26.8 Å². The highest BCUT2D eigenvalue weighted by Gasteiger charge is 2.46. The summed E-state index contributed by atoms with van der Waals surface area (Å²) in [5.74, 6) is -2.34. The minimum atomic E-state index is -1.40. The van der Waals surface area contributed by atoms with Crippen LogP contribution in [-0.2, 0) is 23.9 Å². The zero-order chi connectivity index (χ0) is 18.9. The summed E-state index contributed by atoms with van der Waals surface area (Å²) in [5, 5.41) is 10.6. The molecule has 2 aliphatic rings. The lowest BCUT2D eigenvalue weighted by Crippen LogP contribution is -2.40. The first-order valence-electron chi connectivity index (χ1n) is 8.26. The van der Waals surface area contributed by atoms with Crippen LogP contribution in [0.1, 0.15) is 34.1 Å². The molecule has 0 amide bonds. The van der Waals surface area contributed by atoms with Gasteiger partial charge >= 0.3 is 11.9 Å². The molecule has 6 nitrogen and oxygen atoms in total. The van der Waals surface area contributed by atoms with Crippen LogP contribution >= 0.6 is 0 Å². The standard InChI is InChI=1S/C19H24O6/c1-10(2)17(21)25-15-9-19(5,23)7-6-13(20)11(3)8-14-16(15)12(4)18(22)24-14/h6-8,10,14-16,23H,4,9H2,1-3,5H3/b7-6+,11-8-/t14-,15-,16+,19+/m1/s1. The molecule has 4 atom stereocenters. The van der Waals surface area contributed by atoms with Gasteiger partial charge in [0.15, 0.2) is 5.78 Å². The normalized spacial score (nSPS) is 36.3. The molecule has 0 aromatic rings. The lowest BCUT2D eigenvalue weighted by molar-refractivity contribution is -0.158. The average molecular weight is 348 g/mol. The van der Waals surface area contributed by atoms with E-state index in [1.807, 2.05) is 0 Å². The second-order valence-corrected chi connectivity index (χ2v) is 7.16. The monoisotopic (exact) mass is 348 g/mol. The SMILES string of the molecule is C=C1C(=O)O[C@@H]2/C=C(/C)C(=O)/C=C/[C@](C)(O)C[C@@H](OC(=O)C(C)C)[C@@H]12. The Morgan fingerprint density at radius 2 is 2.08 bits per heavy atom. The summed E-state index contributed by atoms with van der Waals surface area (Å²) in [6.07, 6.45) is 2.64. The largest absolute Gasteiger partial charge is 0.461 e. The van der Waals surface area contributed by atoms with Gasteiger partial charge in [-0.1, -0.05) is 20.4 Å². The van der Waals surface area contributed by atoms with Gasteiger partial charge in [0, 0.05) is 12.0 Å². The van der Waals surface area contributed by atoms with E-state index in [2.05, 4.69) is 6.58 Å². The molecule has 25 heavy (non-hydrogen) atoms. The predicted molar refractivity (Wildman–Crippen MR) is 90.4 cm³/mol. The number of hydrogen-bond donors (Lipinski definition) is 1. The van der Waals surface area contributed by atoms with Crippen molar-refractivity contribution in [1.29, 1.82) is 0 Å². The number of carbonyl (C=O) groups is 3. The lowest BCUT2D eigenvalue weighted by atomic mass is 9.82. The van der Waals surface area contributed by atoms with E-state index in [9.17, 15) is 19.5 Å². The molecule has 0 aromatic heterocycles. The molecule has 1 aliphatic heterocycles. The summed E-state index contributed by atoms with van der Waals surface area (Å²) in [6, 6.07) is 0. The highest BCUT2D eigenvalue weighted by atomic mass is 16.6. The number of allylic oxidation sites excluding steroid dienone is 2. The Bertz CT molecular complexity index is 667. The Balaban J connectivity index is 2.49. The molecule has 1 heterocycles. The van der Waals surface area contributed by atoms with Crippen molar-refractivity contribution < 1.29 is 29.0 Å². The molecule has 6 heteroatoms. The van der Waals surface area contributed by atoms with Crippen molar-refractivity contribution in [3.63, 3.8) is 0 Å². The van der Waals surface area contributed by atoms with E-state index in [0.717, 1.165) is 0 Å². The molecule has 0 radical (unpaired) electrons. The summed E-state index contributed by atoms with van der Waals surface area (Å²) in [5.41, 5.74) is -0.852. The summed E-state index contributed by atoms with van der Waals surface area (Å²) in [4.78, 5) is 36.2. The maximum absolute atomic E-state index is 12.1. The van der Waals surface area contributed by atoms with Crippen LogP contribution in [0.4, 0.5) is 0 Å². The van der Waals surface area contributed by atoms with Crippen molar-refractivity contribution in [3.8, 4) is 0 Å². The van der Waals surface area contributed by atoms with Gasteiger partial charge in [-0.3, -0.25) is 9.59 Å². The Labute approximate surface area is 147 Å². The van der Waals surface area contributed by atoms with Crippen LogP contribution in [0.5, 0.6) is 0 Å². The van der Waals surface area contributed by atoms with Gasteiger partial charge in [-0.05, 0) is 37.6 Å². The molecule has 1 fully saturated rings. The second kappa shape index (κ2) is 6.96. The zero-order valence-electron chi connectivity index (χ0n) is 14.9. The van der Waals surface area contributed by atoms with Gasteiger partial charge in [-0.2, -0.15) is 0 Å². The Hall–Kier alpha value is -2.21. The molecule has 1 N–H and O–H groups in total. The second-order valence-electron chi connectivity index (χ2n) is 7.16. The molecule has 0 spiro atoms. The summed E-state index contributed by atoms with van der Waals surface area (Å²) < 4.78 is 10.9. The highest BCUT2D eigenvalue weighted by Crippen LogP contribution is 2.37. The van der Waals surface area contributed by atoms with Gasteiger partial charge in [0.2, 0.25) is 0 Å². The maximum Gasteiger partial charge on any atom is 0.334 e. The van der Waals surface area contributed by atoms with Crippen LogP contribution in [0.15, 0.2) is 36.0 Å². The first-order valence-corrected chi connectivity index (χ1v) is 8.26. The quantitative estimate of drug-likeness (QED) is 0.605. The number of esters is 2. The Morgan fingerprint density at radius 3 is 2.68 bits per heavy atom. The fourth-order valence-corrected chi connectivity index (χ4v) is 2.90. The van der Waals surface area contributed by atoms with E-state index in [4.69, 9.17) is 9.47 Å². The Morgan fingerprint density at radius 1 is 1.44 bits per heavy atom. The molecule has 2 rings (SSSR count). The smallest absolute Gasteiger partial charge is 0.334 e. The molecule has 136 valence electrons. The van der Waals surface area contributed by atoms with Crippen molar-refractivity contribution in [3.05, 3.63) is 36.0 Å². The molecular formula is C19H24O6. The van der Waals surface area contributed by atoms with Crippen LogP contribution in [0, 0.1) is 11.8 Å². The van der Waals surface area contributed by atoms with Crippen molar-refractivity contribution >= 4 is 17.7 Å². The van der Waals surface area contributed by atoms with Gasteiger partial charge < -0.3 is 14.6 Å². The van der Waals surface area contributed by atoms with E-state index in [-0.39, 0.29) is 23.7 Å². The van der Waals surface area contributed by atoms with E-state index < -0.39 is 35.7 Å². The van der Waals surface area contributed by atoms with Crippen molar-refractivity contribution in [1.82, 2.24) is 0 Å².